The van der Waals surface area contributed by atoms with Crippen LogP contribution in [0.5, 0.6) is 0 Å². The van der Waals surface area contributed by atoms with Crippen LogP contribution >= 0.6 is 0 Å². The van der Waals surface area contributed by atoms with E-state index in [-0.39, 0.29) is 5.56 Å². The smallest absolute Gasteiger partial charge is 0.166 e. The van der Waals surface area contributed by atoms with Crippen LogP contribution in [-0.4, -0.2) is 0 Å². The number of halogens is 3. The van der Waals surface area contributed by atoms with Crippen molar-refractivity contribution < 1.29 is 17.3 Å². The largest absolute Gasteiger partial charge is 0.416 e. The maximum atomic E-state index is 13.1. The Kier molecular flexibility index (Phi) is 3.01. The molecule has 0 fully saturated rings. The molecule has 1 aromatic carbocycles. The molecule has 1 atom stereocenters. The van der Waals surface area contributed by atoms with E-state index < -0.39 is 41.1 Å². The highest BCUT2D eigenvalue weighted by Gasteiger charge is 2.32. The summed E-state index contributed by atoms with van der Waals surface area (Å²) in [6.45, 7) is 10.7. The highest BCUT2D eigenvalue weighted by atomic mass is 19.4. The van der Waals surface area contributed by atoms with E-state index in [1.165, 1.54) is 0 Å². The van der Waals surface area contributed by atoms with E-state index >= 15 is 0 Å². The molecule has 1 unspecified atom stereocenters. The minimum absolute atomic E-state index is 0.220. The van der Waals surface area contributed by atoms with Gasteiger partial charge in [0, 0.05) is 1.37 Å². The molecule has 0 saturated heterocycles. The molecule has 1 aromatic rings. The highest BCUT2D eigenvalue weighted by molar-refractivity contribution is 5.38. The van der Waals surface area contributed by atoms with Crippen molar-refractivity contribution in [3.8, 4) is 0 Å². The SMILES string of the molecule is [2H]c1c(C(F)(F)F)cc(C(C)(C)C)c(C([2H])C(C)(C)C)c1[2H]. The Morgan fingerprint density at radius 2 is 1.58 bits per heavy atom. The summed E-state index contributed by atoms with van der Waals surface area (Å²) in [4.78, 5) is 0. The Bertz CT molecular complexity index is 564. The summed E-state index contributed by atoms with van der Waals surface area (Å²) in [6, 6.07) is -0.394. The summed E-state index contributed by atoms with van der Waals surface area (Å²) in [5.74, 6) is 0. The van der Waals surface area contributed by atoms with Crippen molar-refractivity contribution in [2.75, 3.05) is 0 Å². The van der Waals surface area contributed by atoms with Gasteiger partial charge in [-0.05, 0) is 40.5 Å². The Labute approximate surface area is 118 Å². The number of rotatable bonds is 1. The summed E-state index contributed by atoms with van der Waals surface area (Å²) in [5.41, 5.74) is -1.76. The van der Waals surface area contributed by atoms with Crippen LogP contribution in [0.1, 0.15) is 62.3 Å². The summed E-state index contributed by atoms with van der Waals surface area (Å²) in [6.07, 6.45) is -5.55. The molecule has 0 aliphatic rings. The van der Waals surface area contributed by atoms with Crippen LogP contribution in [0.2, 0.25) is 0 Å². The normalized spacial score (nSPS) is 17.6. The van der Waals surface area contributed by atoms with Gasteiger partial charge in [-0.1, -0.05) is 47.6 Å². The fourth-order valence-corrected chi connectivity index (χ4v) is 1.78. The summed E-state index contributed by atoms with van der Waals surface area (Å²) in [7, 11) is 0. The van der Waals surface area contributed by atoms with Crippen LogP contribution in [0.3, 0.4) is 0 Å². The second kappa shape index (κ2) is 4.84. The van der Waals surface area contributed by atoms with Crippen LogP contribution in [0, 0.1) is 5.41 Å². The van der Waals surface area contributed by atoms with Gasteiger partial charge in [0.1, 0.15) is 0 Å². The van der Waals surface area contributed by atoms with E-state index in [0.717, 1.165) is 6.07 Å². The molecule has 0 aliphatic heterocycles. The van der Waals surface area contributed by atoms with E-state index in [1.54, 1.807) is 41.5 Å². The van der Waals surface area contributed by atoms with E-state index in [9.17, 15) is 13.2 Å². The van der Waals surface area contributed by atoms with Crippen molar-refractivity contribution in [3.63, 3.8) is 0 Å². The molecule has 0 aliphatic carbocycles. The summed E-state index contributed by atoms with van der Waals surface area (Å²) < 4.78 is 63.4. The first-order valence-electron chi connectivity index (χ1n) is 7.80. The number of alkyl halides is 3. The lowest BCUT2D eigenvalue weighted by Crippen LogP contribution is -2.20. The van der Waals surface area contributed by atoms with Crippen LogP contribution in [0.25, 0.3) is 0 Å². The molecule has 19 heavy (non-hydrogen) atoms. The molecule has 0 amide bonds. The maximum absolute atomic E-state index is 13.1. The zero-order valence-electron chi connectivity index (χ0n) is 15.3. The predicted octanol–water partition coefficient (Wildman–Crippen LogP) is 5.59. The van der Waals surface area contributed by atoms with Gasteiger partial charge in [-0.3, -0.25) is 0 Å². The first-order chi connectivity index (χ1) is 9.58. The van der Waals surface area contributed by atoms with E-state index in [4.69, 9.17) is 4.11 Å². The van der Waals surface area contributed by atoms with Gasteiger partial charge in [-0.15, -0.1) is 0 Å². The summed E-state index contributed by atoms with van der Waals surface area (Å²) >= 11 is 0. The topological polar surface area (TPSA) is 0 Å². The molecule has 0 heterocycles. The minimum Gasteiger partial charge on any atom is -0.166 e. The van der Waals surface area contributed by atoms with Gasteiger partial charge in [0.25, 0.3) is 0 Å². The zero-order valence-corrected chi connectivity index (χ0v) is 12.3. The van der Waals surface area contributed by atoms with Crippen molar-refractivity contribution in [2.45, 2.75) is 59.5 Å². The molecule has 108 valence electrons. The summed E-state index contributed by atoms with van der Waals surface area (Å²) in [5, 5.41) is 0. The monoisotopic (exact) mass is 275 g/mol. The van der Waals surface area contributed by atoms with E-state index in [0.29, 0.717) is 5.56 Å². The standard InChI is InChI=1S/C16H23F3/c1-14(2,3)10-11-7-8-12(16(17,18)19)9-13(11)15(4,5)6/h7-9H,10H2,1-6H3/i7D,8D,10D. The zero-order chi connectivity index (χ0) is 17.7. The quantitative estimate of drug-likeness (QED) is 0.626. The number of hydrogen-bond donors (Lipinski definition) is 0. The van der Waals surface area contributed by atoms with Gasteiger partial charge in [-0.25, -0.2) is 0 Å². The molecule has 0 radical (unpaired) electrons. The Hall–Kier alpha value is -0.990. The Morgan fingerprint density at radius 3 is 1.95 bits per heavy atom. The van der Waals surface area contributed by atoms with Gasteiger partial charge < -0.3 is 0 Å². The van der Waals surface area contributed by atoms with Gasteiger partial charge in [0.15, 0.2) is 0 Å². The lowest BCUT2D eigenvalue weighted by atomic mass is 9.78. The first-order valence-corrected chi connectivity index (χ1v) is 6.22. The molecule has 0 bridgehead atoms. The molecule has 0 nitrogen and oxygen atoms in total. The Balaban J connectivity index is 3.82. The first kappa shape index (κ1) is 11.8. The molecule has 0 aromatic heterocycles. The van der Waals surface area contributed by atoms with Crippen molar-refractivity contribution in [1.82, 2.24) is 0 Å². The fraction of sp³-hybridized carbons (Fsp3) is 0.625. The third-order valence-electron chi connectivity index (χ3n) is 2.60. The molecular weight excluding hydrogens is 249 g/mol. The van der Waals surface area contributed by atoms with Crippen LogP contribution < -0.4 is 0 Å². The minimum atomic E-state index is -4.68. The second-order valence-corrected chi connectivity index (χ2v) is 6.89. The second-order valence-electron chi connectivity index (χ2n) is 6.89. The van der Waals surface area contributed by atoms with Gasteiger partial charge >= 0.3 is 6.18 Å². The van der Waals surface area contributed by atoms with Gasteiger partial charge in [0.2, 0.25) is 0 Å². The van der Waals surface area contributed by atoms with Crippen molar-refractivity contribution in [1.29, 1.82) is 0 Å². The molecule has 0 N–H and O–H groups in total. The Morgan fingerprint density at radius 1 is 1.05 bits per heavy atom. The lowest BCUT2D eigenvalue weighted by Gasteiger charge is -2.28. The van der Waals surface area contributed by atoms with Gasteiger partial charge in [-0.2, -0.15) is 13.2 Å². The van der Waals surface area contributed by atoms with E-state index in [2.05, 4.69) is 0 Å². The van der Waals surface area contributed by atoms with Crippen LogP contribution in [0.4, 0.5) is 13.2 Å². The van der Waals surface area contributed by atoms with E-state index in [1.807, 2.05) is 0 Å². The molecule has 1 rings (SSSR count). The predicted molar refractivity (Wildman–Crippen MR) is 73.3 cm³/mol. The number of hydrogen-bond acceptors (Lipinski definition) is 0. The van der Waals surface area contributed by atoms with Crippen molar-refractivity contribution >= 4 is 0 Å². The average Bonchev–Trinajstić information content (AvgIpc) is 2.27. The molecule has 0 spiro atoms. The number of benzene rings is 1. The molecule has 3 heteroatoms. The average molecular weight is 275 g/mol. The van der Waals surface area contributed by atoms with Crippen LogP contribution in [-0.2, 0) is 18.0 Å². The maximum Gasteiger partial charge on any atom is 0.416 e. The lowest BCUT2D eigenvalue weighted by molar-refractivity contribution is -0.137. The third kappa shape index (κ3) is 4.55. The van der Waals surface area contributed by atoms with Crippen molar-refractivity contribution in [3.05, 3.63) is 34.8 Å². The van der Waals surface area contributed by atoms with Gasteiger partial charge in [0.05, 0.1) is 8.30 Å². The van der Waals surface area contributed by atoms with Crippen LogP contribution in [0.15, 0.2) is 18.2 Å². The third-order valence-corrected chi connectivity index (χ3v) is 2.60. The molecular formula is C16H23F3. The fourth-order valence-electron chi connectivity index (χ4n) is 1.78. The molecule has 0 saturated carbocycles. The van der Waals surface area contributed by atoms with Crippen molar-refractivity contribution in [2.24, 2.45) is 5.41 Å². The highest BCUT2D eigenvalue weighted by Crippen LogP contribution is 2.36.